The summed E-state index contributed by atoms with van der Waals surface area (Å²) in [6.07, 6.45) is 0. The van der Waals surface area contributed by atoms with Crippen LogP contribution in [0.1, 0.15) is 23.1 Å². The van der Waals surface area contributed by atoms with E-state index in [1.54, 1.807) is 30.0 Å². The molecule has 0 atom stereocenters. The topological polar surface area (TPSA) is 100 Å². The van der Waals surface area contributed by atoms with Crippen LogP contribution in [0.4, 0.5) is 0 Å². The molecule has 3 aromatic rings. The zero-order valence-electron chi connectivity index (χ0n) is 15.9. The Labute approximate surface area is 162 Å². The van der Waals surface area contributed by atoms with Gasteiger partial charge in [0.15, 0.2) is 17.3 Å². The molecule has 28 heavy (non-hydrogen) atoms. The molecular formula is C19H21N5O4. The van der Waals surface area contributed by atoms with Crippen LogP contribution < -0.4 is 19.5 Å². The number of tetrazole rings is 1. The summed E-state index contributed by atoms with van der Waals surface area (Å²) >= 11 is 0. The van der Waals surface area contributed by atoms with Gasteiger partial charge in [-0.2, -0.15) is 4.68 Å². The Morgan fingerprint density at radius 2 is 1.82 bits per heavy atom. The summed E-state index contributed by atoms with van der Waals surface area (Å²) in [6.45, 7) is 2.68. The Morgan fingerprint density at radius 1 is 1.07 bits per heavy atom. The molecule has 0 aliphatic heterocycles. The van der Waals surface area contributed by atoms with Crippen molar-refractivity contribution in [2.24, 2.45) is 0 Å². The number of ether oxygens (including phenoxy) is 3. The summed E-state index contributed by atoms with van der Waals surface area (Å²) in [5, 5.41) is 14.5. The highest BCUT2D eigenvalue weighted by molar-refractivity contribution is 5.94. The summed E-state index contributed by atoms with van der Waals surface area (Å²) in [7, 11) is 3.06. The third kappa shape index (κ3) is 4.20. The molecule has 0 fully saturated rings. The number of aromatic nitrogens is 4. The first-order valence-corrected chi connectivity index (χ1v) is 8.67. The van der Waals surface area contributed by atoms with Crippen LogP contribution in [0.5, 0.6) is 17.2 Å². The van der Waals surface area contributed by atoms with Gasteiger partial charge >= 0.3 is 0 Å². The second-order valence-corrected chi connectivity index (χ2v) is 5.69. The van der Waals surface area contributed by atoms with Crippen molar-refractivity contribution in [1.82, 2.24) is 25.5 Å². The fourth-order valence-corrected chi connectivity index (χ4v) is 2.61. The lowest BCUT2D eigenvalue weighted by Crippen LogP contribution is -2.24. The highest BCUT2D eigenvalue weighted by atomic mass is 16.5. The highest BCUT2D eigenvalue weighted by Gasteiger charge is 2.13. The minimum Gasteiger partial charge on any atom is -0.494 e. The van der Waals surface area contributed by atoms with E-state index in [1.807, 2.05) is 31.2 Å². The SMILES string of the molecule is CCOc1ccc(-n2nnnc2CNC(=O)c2ccc(OC)c(OC)c2)cc1. The molecule has 1 N–H and O–H groups in total. The van der Waals surface area contributed by atoms with E-state index < -0.39 is 0 Å². The quantitative estimate of drug-likeness (QED) is 0.635. The molecule has 2 aromatic carbocycles. The largest absolute Gasteiger partial charge is 0.494 e. The van der Waals surface area contributed by atoms with Gasteiger partial charge in [-0.05, 0) is 59.8 Å². The normalized spacial score (nSPS) is 10.4. The minimum absolute atomic E-state index is 0.160. The smallest absolute Gasteiger partial charge is 0.251 e. The number of nitrogens with one attached hydrogen (secondary N) is 1. The monoisotopic (exact) mass is 383 g/mol. The number of carbonyl (C=O) groups is 1. The van der Waals surface area contributed by atoms with E-state index >= 15 is 0 Å². The first-order chi connectivity index (χ1) is 13.7. The first kappa shape index (κ1) is 19.2. The molecule has 0 spiro atoms. The molecule has 146 valence electrons. The Balaban J connectivity index is 1.70. The second-order valence-electron chi connectivity index (χ2n) is 5.69. The van der Waals surface area contributed by atoms with Crippen LogP contribution in [0.15, 0.2) is 42.5 Å². The molecule has 9 heteroatoms. The fourth-order valence-electron chi connectivity index (χ4n) is 2.61. The third-order valence-corrected chi connectivity index (χ3v) is 3.98. The highest BCUT2D eigenvalue weighted by Crippen LogP contribution is 2.27. The van der Waals surface area contributed by atoms with E-state index in [2.05, 4.69) is 20.8 Å². The van der Waals surface area contributed by atoms with E-state index in [1.165, 1.54) is 7.11 Å². The van der Waals surface area contributed by atoms with Crippen molar-refractivity contribution in [2.75, 3.05) is 20.8 Å². The Hall–Kier alpha value is -3.62. The first-order valence-electron chi connectivity index (χ1n) is 8.67. The van der Waals surface area contributed by atoms with Crippen LogP contribution >= 0.6 is 0 Å². The molecular weight excluding hydrogens is 362 g/mol. The third-order valence-electron chi connectivity index (χ3n) is 3.98. The predicted molar refractivity (Wildman–Crippen MR) is 101 cm³/mol. The van der Waals surface area contributed by atoms with E-state index in [0.29, 0.717) is 29.5 Å². The van der Waals surface area contributed by atoms with Crippen LogP contribution in [0.25, 0.3) is 5.69 Å². The zero-order valence-corrected chi connectivity index (χ0v) is 15.9. The summed E-state index contributed by atoms with van der Waals surface area (Å²) < 4.78 is 17.4. The second kappa shape index (κ2) is 8.85. The maximum atomic E-state index is 12.5. The number of hydrogen-bond donors (Lipinski definition) is 1. The Bertz CT molecular complexity index is 940. The molecule has 1 amide bonds. The molecule has 1 aromatic heterocycles. The van der Waals surface area contributed by atoms with Crippen molar-refractivity contribution >= 4 is 5.91 Å². The molecule has 0 radical (unpaired) electrons. The lowest BCUT2D eigenvalue weighted by Gasteiger charge is -2.10. The van der Waals surface area contributed by atoms with Gasteiger partial charge in [0.25, 0.3) is 5.91 Å². The van der Waals surface area contributed by atoms with Crippen molar-refractivity contribution in [3.8, 4) is 22.9 Å². The average molecular weight is 383 g/mol. The predicted octanol–water partition coefficient (Wildman–Crippen LogP) is 2.01. The van der Waals surface area contributed by atoms with Crippen molar-refractivity contribution in [2.45, 2.75) is 13.5 Å². The number of nitrogens with zero attached hydrogens (tertiary/aromatic N) is 4. The summed E-state index contributed by atoms with van der Waals surface area (Å²) in [5.41, 5.74) is 1.21. The zero-order chi connectivity index (χ0) is 19.9. The molecule has 1 heterocycles. The van der Waals surface area contributed by atoms with Gasteiger partial charge in [0.1, 0.15) is 5.75 Å². The van der Waals surface area contributed by atoms with Crippen LogP contribution in [0.2, 0.25) is 0 Å². The molecule has 9 nitrogen and oxygen atoms in total. The van der Waals surface area contributed by atoms with Gasteiger partial charge in [0, 0.05) is 5.56 Å². The summed E-state index contributed by atoms with van der Waals surface area (Å²) in [5.74, 6) is 2.02. The van der Waals surface area contributed by atoms with Crippen molar-refractivity contribution in [3.05, 3.63) is 53.9 Å². The summed E-state index contributed by atoms with van der Waals surface area (Å²) in [6, 6.07) is 12.3. The number of carbonyl (C=O) groups excluding carboxylic acids is 1. The van der Waals surface area contributed by atoms with Gasteiger partial charge in [0.05, 0.1) is 33.1 Å². The number of methoxy groups -OCH3 is 2. The molecule has 0 unspecified atom stereocenters. The van der Waals surface area contributed by atoms with E-state index in [0.717, 1.165) is 11.4 Å². The van der Waals surface area contributed by atoms with Gasteiger partial charge in [-0.3, -0.25) is 4.79 Å². The van der Waals surface area contributed by atoms with Gasteiger partial charge in [-0.25, -0.2) is 0 Å². The number of hydrogen-bond acceptors (Lipinski definition) is 7. The fraction of sp³-hybridized carbons (Fsp3) is 0.263. The lowest BCUT2D eigenvalue weighted by molar-refractivity contribution is 0.0949. The maximum Gasteiger partial charge on any atom is 0.251 e. The molecule has 0 saturated carbocycles. The van der Waals surface area contributed by atoms with E-state index in [9.17, 15) is 4.79 Å². The summed E-state index contributed by atoms with van der Waals surface area (Å²) in [4.78, 5) is 12.5. The number of rotatable bonds is 8. The maximum absolute atomic E-state index is 12.5. The number of benzene rings is 2. The minimum atomic E-state index is -0.276. The van der Waals surface area contributed by atoms with Crippen molar-refractivity contribution < 1.29 is 19.0 Å². The van der Waals surface area contributed by atoms with Crippen LogP contribution in [0.3, 0.4) is 0 Å². The molecule has 0 bridgehead atoms. The number of amides is 1. The van der Waals surface area contributed by atoms with Crippen LogP contribution in [-0.2, 0) is 6.54 Å². The van der Waals surface area contributed by atoms with Crippen LogP contribution in [0, 0.1) is 0 Å². The van der Waals surface area contributed by atoms with Gasteiger partial charge in [0.2, 0.25) is 0 Å². The molecule has 0 aliphatic carbocycles. The van der Waals surface area contributed by atoms with E-state index in [4.69, 9.17) is 14.2 Å². The van der Waals surface area contributed by atoms with Gasteiger partial charge in [-0.15, -0.1) is 5.10 Å². The average Bonchev–Trinajstić information content (AvgIpc) is 3.21. The van der Waals surface area contributed by atoms with Crippen molar-refractivity contribution in [3.63, 3.8) is 0 Å². The van der Waals surface area contributed by atoms with Crippen LogP contribution in [-0.4, -0.2) is 46.9 Å². The van der Waals surface area contributed by atoms with Crippen molar-refractivity contribution in [1.29, 1.82) is 0 Å². The molecule has 0 saturated heterocycles. The van der Waals surface area contributed by atoms with Gasteiger partial charge < -0.3 is 19.5 Å². The Kier molecular flexibility index (Phi) is 6.05. The lowest BCUT2D eigenvalue weighted by atomic mass is 10.2. The van der Waals surface area contributed by atoms with E-state index in [-0.39, 0.29) is 12.5 Å². The molecule has 3 rings (SSSR count). The standard InChI is InChI=1S/C19H21N5O4/c1-4-28-15-8-6-14(7-9-15)24-18(21-22-23-24)12-20-19(25)13-5-10-16(26-2)17(11-13)27-3/h5-11H,4,12H2,1-3H3,(H,20,25). The Morgan fingerprint density at radius 3 is 2.50 bits per heavy atom. The van der Waals surface area contributed by atoms with Gasteiger partial charge in [-0.1, -0.05) is 0 Å². The molecule has 0 aliphatic rings.